The van der Waals surface area contributed by atoms with Crippen LogP contribution in [0.25, 0.3) is 32.8 Å². The van der Waals surface area contributed by atoms with Crippen molar-refractivity contribution < 1.29 is 0 Å². The third kappa shape index (κ3) is 3.65. The van der Waals surface area contributed by atoms with Gasteiger partial charge in [0.25, 0.3) is 0 Å². The molecular weight excluding hydrogens is 332 g/mol. The molecule has 4 heteroatoms. The summed E-state index contributed by atoms with van der Waals surface area (Å²) in [6, 6.07) is 20.3. The number of imidazole rings is 1. The van der Waals surface area contributed by atoms with Gasteiger partial charge in [-0.1, -0.05) is 50.2 Å². The van der Waals surface area contributed by atoms with Gasteiger partial charge in [0.15, 0.2) is 0 Å². The van der Waals surface area contributed by atoms with Gasteiger partial charge >= 0.3 is 0 Å². The van der Waals surface area contributed by atoms with E-state index in [1.807, 2.05) is 49.1 Å². The molecule has 0 saturated heterocycles. The largest absolute Gasteiger partial charge is 0.329 e. The van der Waals surface area contributed by atoms with Gasteiger partial charge in [0.1, 0.15) is 0 Å². The summed E-state index contributed by atoms with van der Waals surface area (Å²) in [5.74, 6) is 0.603. The molecule has 134 valence electrons. The van der Waals surface area contributed by atoms with Crippen LogP contribution in [-0.2, 0) is 6.54 Å². The third-order valence-electron chi connectivity index (χ3n) is 4.42. The molecule has 4 nitrogen and oxygen atoms in total. The minimum absolute atomic E-state index is 0.603. The Balaban J connectivity index is 0.000000153. The molecule has 0 saturated carbocycles. The van der Waals surface area contributed by atoms with Crippen LogP contribution in [0.5, 0.6) is 0 Å². The zero-order valence-electron chi connectivity index (χ0n) is 15.6. The highest BCUT2D eigenvalue weighted by atomic mass is 15.0. The smallest absolute Gasteiger partial charge is 0.0961 e. The second kappa shape index (κ2) is 7.54. The molecule has 0 bridgehead atoms. The van der Waals surface area contributed by atoms with E-state index >= 15 is 0 Å². The molecule has 5 aromatic rings. The summed E-state index contributed by atoms with van der Waals surface area (Å²) >= 11 is 0. The molecule has 0 aliphatic rings. The Kier molecular flexibility index (Phi) is 4.79. The van der Waals surface area contributed by atoms with Crippen LogP contribution in [0.1, 0.15) is 13.8 Å². The molecule has 5 rings (SSSR count). The summed E-state index contributed by atoms with van der Waals surface area (Å²) in [5, 5.41) is 2.37. The van der Waals surface area contributed by atoms with Crippen molar-refractivity contribution >= 4 is 32.8 Å². The molecule has 0 N–H and O–H groups in total. The first-order chi connectivity index (χ1) is 13.2. The van der Waals surface area contributed by atoms with E-state index in [0.717, 1.165) is 28.6 Å². The first-order valence-corrected chi connectivity index (χ1v) is 9.21. The van der Waals surface area contributed by atoms with Gasteiger partial charge in [0.2, 0.25) is 0 Å². The summed E-state index contributed by atoms with van der Waals surface area (Å²) in [5.41, 5.74) is 4.28. The zero-order valence-corrected chi connectivity index (χ0v) is 15.6. The summed E-state index contributed by atoms with van der Waals surface area (Å²) in [6.07, 6.45) is 5.57. The Morgan fingerprint density at radius 1 is 0.741 bits per heavy atom. The number of fused-ring (bicyclic) bond motifs is 4. The molecule has 0 amide bonds. The number of pyridine rings is 2. The highest BCUT2D eigenvalue weighted by Crippen LogP contribution is 2.23. The van der Waals surface area contributed by atoms with Crippen LogP contribution in [0, 0.1) is 5.92 Å². The van der Waals surface area contributed by atoms with Gasteiger partial charge in [0.05, 0.1) is 28.4 Å². The lowest BCUT2D eigenvalue weighted by atomic mass is 10.2. The van der Waals surface area contributed by atoms with Gasteiger partial charge in [0, 0.05) is 29.7 Å². The number of benzene rings is 2. The number of rotatable bonds is 2. The summed E-state index contributed by atoms with van der Waals surface area (Å²) in [6.45, 7) is 5.40. The van der Waals surface area contributed by atoms with Crippen LogP contribution in [0.3, 0.4) is 0 Å². The first kappa shape index (κ1) is 17.2. The molecule has 0 aliphatic carbocycles. The number of para-hydroxylation sites is 1. The lowest BCUT2D eigenvalue weighted by molar-refractivity contribution is 0.533. The topological polar surface area (TPSA) is 43.6 Å². The Labute approximate surface area is 158 Å². The van der Waals surface area contributed by atoms with Crippen LogP contribution >= 0.6 is 0 Å². The van der Waals surface area contributed by atoms with Crippen molar-refractivity contribution in [2.75, 3.05) is 0 Å². The second-order valence-electron chi connectivity index (χ2n) is 7.00. The number of aromatic nitrogens is 4. The molecule has 0 fully saturated rings. The SMILES string of the molecule is CC(C)Cn1cnc2ccc3cccnc3c21.c1ccc2ncccc2c1. The maximum Gasteiger partial charge on any atom is 0.0961 e. The minimum atomic E-state index is 0.603. The second-order valence-corrected chi connectivity index (χ2v) is 7.00. The molecule has 27 heavy (non-hydrogen) atoms. The Bertz CT molecular complexity index is 1130. The number of hydrogen-bond acceptors (Lipinski definition) is 3. The van der Waals surface area contributed by atoms with Crippen LogP contribution < -0.4 is 0 Å². The van der Waals surface area contributed by atoms with Crippen molar-refractivity contribution in [2.45, 2.75) is 20.4 Å². The predicted molar refractivity (Wildman–Crippen MR) is 112 cm³/mol. The quantitative estimate of drug-likeness (QED) is 0.422. The van der Waals surface area contributed by atoms with Crippen LogP contribution in [-0.4, -0.2) is 19.5 Å². The van der Waals surface area contributed by atoms with Crippen LogP contribution in [0.2, 0.25) is 0 Å². The van der Waals surface area contributed by atoms with Crippen molar-refractivity contribution in [3.05, 3.63) is 79.4 Å². The Morgan fingerprint density at radius 2 is 1.48 bits per heavy atom. The van der Waals surface area contributed by atoms with E-state index in [1.54, 1.807) is 0 Å². The summed E-state index contributed by atoms with van der Waals surface area (Å²) in [7, 11) is 0. The van der Waals surface area contributed by atoms with Crippen LogP contribution in [0.15, 0.2) is 79.4 Å². The van der Waals surface area contributed by atoms with E-state index in [0.29, 0.717) is 5.92 Å². The van der Waals surface area contributed by atoms with E-state index in [9.17, 15) is 0 Å². The van der Waals surface area contributed by atoms with Crippen molar-refractivity contribution in [3.8, 4) is 0 Å². The summed E-state index contributed by atoms with van der Waals surface area (Å²) in [4.78, 5) is 13.1. The lowest BCUT2D eigenvalue weighted by Crippen LogP contribution is -2.03. The van der Waals surface area contributed by atoms with Crippen molar-refractivity contribution in [1.82, 2.24) is 19.5 Å². The minimum Gasteiger partial charge on any atom is -0.329 e. The zero-order chi connectivity index (χ0) is 18.6. The summed E-state index contributed by atoms with van der Waals surface area (Å²) < 4.78 is 2.20. The number of hydrogen-bond donors (Lipinski definition) is 0. The molecule has 3 heterocycles. The fourth-order valence-electron chi connectivity index (χ4n) is 3.24. The van der Waals surface area contributed by atoms with E-state index < -0.39 is 0 Å². The first-order valence-electron chi connectivity index (χ1n) is 9.21. The molecule has 2 aromatic carbocycles. The normalized spacial score (nSPS) is 11.1. The van der Waals surface area contributed by atoms with Gasteiger partial charge in [-0.05, 0) is 30.2 Å². The van der Waals surface area contributed by atoms with Crippen molar-refractivity contribution in [1.29, 1.82) is 0 Å². The van der Waals surface area contributed by atoms with E-state index in [-0.39, 0.29) is 0 Å². The molecule has 0 spiro atoms. The van der Waals surface area contributed by atoms with E-state index in [1.165, 1.54) is 10.8 Å². The van der Waals surface area contributed by atoms with Gasteiger partial charge in [-0.2, -0.15) is 0 Å². The average molecular weight is 354 g/mol. The molecule has 0 radical (unpaired) electrons. The standard InChI is InChI=1S/C14H15N3.C9H7N/c1-10(2)8-17-9-16-12-6-5-11-4-3-7-15-13(11)14(12)17;1-2-6-9-8(4-1)5-3-7-10-9/h3-7,9-10H,8H2,1-2H3;1-7H. The monoisotopic (exact) mass is 354 g/mol. The van der Waals surface area contributed by atoms with Crippen LogP contribution in [0.4, 0.5) is 0 Å². The maximum absolute atomic E-state index is 4.49. The Morgan fingerprint density at radius 3 is 2.30 bits per heavy atom. The molecule has 0 aliphatic heterocycles. The van der Waals surface area contributed by atoms with E-state index in [2.05, 4.69) is 63.7 Å². The van der Waals surface area contributed by atoms with Gasteiger partial charge in [-0.15, -0.1) is 0 Å². The van der Waals surface area contributed by atoms with Gasteiger partial charge in [-0.25, -0.2) is 4.98 Å². The molecule has 3 aromatic heterocycles. The van der Waals surface area contributed by atoms with Gasteiger partial charge < -0.3 is 4.57 Å². The van der Waals surface area contributed by atoms with E-state index in [4.69, 9.17) is 0 Å². The lowest BCUT2D eigenvalue weighted by Gasteiger charge is -2.08. The highest BCUT2D eigenvalue weighted by molar-refractivity contribution is 6.01. The third-order valence-corrected chi connectivity index (χ3v) is 4.42. The molecule has 0 unspecified atom stereocenters. The highest BCUT2D eigenvalue weighted by Gasteiger charge is 2.08. The van der Waals surface area contributed by atoms with Crippen molar-refractivity contribution in [2.24, 2.45) is 5.92 Å². The fourth-order valence-corrected chi connectivity index (χ4v) is 3.24. The van der Waals surface area contributed by atoms with Gasteiger partial charge in [-0.3, -0.25) is 9.97 Å². The predicted octanol–water partition coefficient (Wildman–Crippen LogP) is 5.48. The molecule has 0 atom stereocenters. The number of nitrogens with zero attached hydrogens (tertiary/aromatic N) is 4. The average Bonchev–Trinajstić information content (AvgIpc) is 3.11. The maximum atomic E-state index is 4.49. The Hall–Kier alpha value is -3.27. The molecular formula is C23H22N4. The van der Waals surface area contributed by atoms with Crippen molar-refractivity contribution in [3.63, 3.8) is 0 Å². The fraction of sp³-hybridized carbons (Fsp3) is 0.174.